The van der Waals surface area contributed by atoms with Crippen LogP contribution in [0, 0.1) is 11.3 Å². The van der Waals surface area contributed by atoms with Crippen molar-refractivity contribution >= 4 is 66.8 Å². The van der Waals surface area contributed by atoms with E-state index < -0.39 is 27.3 Å². The topological polar surface area (TPSA) is 120 Å². The first-order valence-corrected chi connectivity index (χ1v) is 15.0. The molecule has 0 bridgehead atoms. The van der Waals surface area contributed by atoms with Crippen molar-refractivity contribution in [2.75, 3.05) is 13.2 Å². The zero-order valence-corrected chi connectivity index (χ0v) is 25.5. The molecule has 0 atom stereocenters. The van der Waals surface area contributed by atoms with E-state index in [0.29, 0.717) is 33.5 Å². The van der Waals surface area contributed by atoms with Gasteiger partial charge in [-0.3, -0.25) is 9.59 Å². The third-order valence-electron chi connectivity index (χ3n) is 5.99. The Balaban J connectivity index is 0.000000249. The van der Waals surface area contributed by atoms with Crippen molar-refractivity contribution in [3.8, 4) is 11.8 Å². The molecule has 0 aliphatic rings. The number of carbonyl (C=O) groups is 2. The van der Waals surface area contributed by atoms with Gasteiger partial charge in [0.25, 0.3) is 0 Å². The number of nitriles is 1. The van der Waals surface area contributed by atoms with Gasteiger partial charge in [-0.1, -0.05) is 47.5 Å². The number of esters is 2. The summed E-state index contributed by atoms with van der Waals surface area (Å²) in [5.41, 5.74) is -3.79. The highest BCUT2D eigenvalue weighted by molar-refractivity contribution is 7.88. The summed E-state index contributed by atoms with van der Waals surface area (Å²) >= 11 is 12.2. The molecule has 0 heterocycles. The van der Waals surface area contributed by atoms with Crippen LogP contribution in [0.2, 0.25) is 10.0 Å². The van der Waals surface area contributed by atoms with E-state index in [1.54, 1.807) is 32.0 Å². The lowest BCUT2D eigenvalue weighted by molar-refractivity contribution is -0.143. The standard InChI is InChI=1S/C15H12ClF3O5S.C15H12ClNO2/c1-2-23-14(20)8-12-11-5-4-10(7-9(11)3-6-13(12)16)24-25(21,22)15(17,18)19;1-2-19-15(18)8-13-12-5-3-10(9-17)7-11(12)4-6-14(13)16/h3-7H,2,8H2,1H3;3-7H,2,8H2,1H3. The number of halogens is 5. The van der Waals surface area contributed by atoms with Crippen LogP contribution < -0.4 is 4.18 Å². The van der Waals surface area contributed by atoms with Crippen molar-refractivity contribution in [1.29, 1.82) is 5.26 Å². The summed E-state index contributed by atoms with van der Waals surface area (Å²) in [4.78, 5) is 23.3. The summed E-state index contributed by atoms with van der Waals surface area (Å²) in [5, 5.41) is 12.3. The molecule has 44 heavy (non-hydrogen) atoms. The maximum atomic E-state index is 12.4. The molecule has 0 N–H and O–H groups in total. The van der Waals surface area contributed by atoms with E-state index in [2.05, 4.69) is 10.3 Å². The molecule has 8 nitrogen and oxygen atoms in total. The van der Waals surface area contributed by atoms with Crippen molar-refractivity contribution in [3.05, 3.63) is 87.4 Å². The molecule has 4 aromatic rings. The van der Waals surface area contributed by atoms with Gasteiger partial charge in [-0.2, -0.15) is 26.9 Å². The van der Waals surface area contributed by atoms with Gasteiger partial charge in [0.15, 0.2) is 0 Å². The molecular formula is C30H24Cl2F3NO7S. The zero-order chi connectivity index (χ0) is 32.7. The van der Waals surface area contributed by atoms with Crippen molar-refractivity contribution in [3.63, 3.8) is 0 Å². The van der Waals surface area contributed by atoms with Gasteiger partial charge in [-0.15, -0.1) is 0 Å². The van der Waals surface area contributed by atoms with Crippen molar-refractivity contribution in [2.45, 2.75) is 32.2 Å². The summed E-state index contributed by atoms with van der Waals surface area (Å²) in [6.07, 6.45) is 0.000973. The summed E-state index contributed by atoms with van der Waals surface area (Å²) in [7, 11) is -5.76. The summed E-state index contributed by atoms with van der Waals surface area (Å²) in [5.74, 6) is -1.33. The molecule has 0 saturated carbocycles. The van der Waals surface area contributed by atoms with Gasteiger partial charge in [-0.25, -0.2) is 0 Å². The van der Waals surface area contributed by atoms with Crippen molar-refractivity contribution in [2.24, 2.45) is 0 Å². The Morgan fingerprint density at radius 2 is 1.27 bits per heavy atom. The lowest BCUT2D eigenvalue weighted by atomic mass is 10.0. The molecular weight excluding hydrogens is 646 g/mol. The lowest BCUT2D eigenvalue weighted by Gasteiger charge is -2.12. The van der Waals surface area contributed by atoms with Gasteiger partial charge in [-0.05, 0) is 82.9 Å². The first-order valence-electron chi connectivity index (χ1n) is 12.8. The molecule has 14 heteroatoms. The average Bonchev–Trinajstić information content (AvgIpc) is 2.95. The number of ether oxygens (including phenoxy) is 2. The Bertz CT molecular complexity index is 1860. The first kappa shape index (κ1) is 34.4. The smallest absolute Gasteiger partial charge is 0.466 e. The van der Waals surface area contributed by atoms with Crippen LogP contribution in [-0.2, 0) is 42.0 Å². The van der Waals surface area contributed by atoms with Crippen LogP contribution in [0.4, 0.5) is 13.2 Å². The number of nitrogens with zero attached hydrogens (tertiary/aromatic N) is 1. The lowest BCUT2D eigenvalue weighted by Crippen LogP contribution is -2.28. The number of rotatable bonds is 8. The van der Waals surface area contributed by atoms with Gasteiger partial charge in [0.2, 0.25) is 0 Å². The molecule has 0 radical (unpaired) electrons. The zero-order valence-electron chi connectivity index (χ0n) is 23.2. The fourth-order valence-corrected chi connectivity index (χ4v) is 5.00. The van der Waals surface area contributed by atoms with E-state index in [4.69, 9.17) is 37.9 Å². The minimum Gasteiger partial charge on any atom is -0.466 e. The van der Waals surface area contributed by atoms with Gasteiger partial charge >= 0.3 is 27.6 Å². The Labute approximate surface area is 261 Å². The van der Waals surface area contributed by atoms with Gasteiger partial charge in [0, 0.05) is 10.0 Å². The van der Waals surface area contributed by atoms with Gasteiger partial charge < -0.3 is 13.7 Å². The maximum absolute atomic E-state index is 12.4. The van der Waals surface area contributed by atoms with Crippen LogP contribution >= 0.6 is 23.2 Å². The Morgan fingerprint density at radius 1 is 0.795 bits per heavy atom. The molecule has 0 fully saturated rings. The van der Waals surface area contributed by atoms with Crippen LogP contribution in [0.25, 0.3) is 21.5 Å². The molecule has 232 valence electrons. The summed E-state index contributed by atoms with van der Waals surface area (Å²) in [6, 6.07) is 17.4. The number of hydrogen-bond donors (Lipinski definition) is 0. The molecule has 0 aliphatic carbocycles. The molecule has 0 saturated heterocycles. The van der Waals surface area contributed by atoms with E-state index in [9.17, 15) is 31.2 Å². The normalized spacial score (nSPS) is 11.3. The van der Waals surface area contributed by atoms with E-state index in [0.717, 1.165) is 28.5 Å². The van der Waals surface area contributed by atoms with Crippen LogP contribution in [0.5, 0.6) is 5.75 Å². The predicted octanol–water partition coefficient (Wildman–Crippen LogP) is 7.30. The van der Waals surface area contributed by atoms with Crippen LogP contribution in [-0.4, -0.2) is 39.1 Å². The molecule has 0 aromatic heterocycles. The fraction of sp³-hybridized carbons (Fsp3) is 0.233. The van der Waals surface area contributed by atoms with Crippen molar-refractivity contribution in [1.82, 2.24) is 0 Å². The highest BCUT2D eigenvalue weighted by atomic mass is 35.5. The number of carbonyl (C=O) groups excluding carboxylic acids is 2. The molecule has 0 unspecified atom stereocenters. The Kier molecular flexibility index (Phi) is 11.4. The third kappa shape index (κ3) is 8.53. The molecule has 4 aromatic carbocycles. The van der Waals surface area contributed by atoms with E-state index in [1.165, 1.54) is 18.2 Å². The minimum absolute atomic E-state index is 0.134. The monoisotopic (exact) mass is 669 g/mol. The second-order valence-corrected chi connectivity index (χ2v) is 11.3. The highest BCUT2D eigenvalue weighted by Gasteiger charge is 2.48. The number of fused-ring (bicyclic) bond motifs is 2. The Morgan fingerprint density at radius 3 is 1.73 bits per heavy atom. The maximum Gasteiger partial charge on any atom is 0.534 e. The molecule has 0 amide bonds. The SMILES string of the molecule is CCOC(=O)Cc1c(Cl)ccc2cc(C#N)ccc12.CCOC(=O)Cc1c(Cl)ccc2cc(OS(=O)(=O)C(F)(F)F)ccc12. The van der Waals surface area contributed by atoms with E-state index in [-0.39, 0.29) is 30.4 Å². The number of hydrogen-bond acceptors (Lipinski definition) is 8. The third-order valence-corrected chi connectivity index (χ3v) is 7.68. The first-order chi connectivity index (χ1) is 20.7. The quantitative estimate of drug-likeness (QED) is 0.109. The number of benzene rings is 4. The molecule has 0 aliphatic heterocycles. The van der Waals surface area contributed by atoms with Crippen LogP contribution in [0.3, 0.4) is 0 Å². The van der Waals surface area contributed by atoms with Gasteiger partial charge in [0.05, 0.1) is 37.7 Å². The van der Waals surface area contributed by atoms with Crippen LogP contribution in [0.15, 0.2) is 60.7 Å². The fourth-order valence-electron chi connectivity index (χ4n) is 4.08. The summed E-state index contributed by atoms with van der Waals surface area (Å²) < 4.78 is 73.2. The van der Waals surface area contributed by atoms with Gasteiger partial charge in [0.1, 0.15) is 5.75 Å². The Hall–Kier alpha value is -4.05. The second-order valence-electron chi connectivity index (χ2n) is 8.93. The van der Waals surface area contributed by atoms with Crippen molar-refractivity contribution < 1.29 is 44.8 Å². The molecule has 4 rings (SSSR count). The van der Waals surface area contributed by atoms with E-state index >= 15 is 0 Å². The highest BCUT2D eigenvalue weighted by Crippen LogP contribution is 2.32. The second kappa shape index (κ2) is 14.6. The molecule has 0 spiro atoms. The minimum atomic E-state index is -5.76. The largest absolute Gasteiger partial charge is 0.534 e. The summed E-state index contributed by atoms with van der Waals surface area (Å²) in [6.45, 7) is 3.95. The van der Waals surface area contributed by atoms with E-state index in [1.807, 2.05) is 12.1 Å². The average molecular weight is 670 g/mol. The van der Waals surface area contributed by atoms with Crippen LogP contribution in [0.1, 0.15) is 30.5 Å². The predicted molar refractivity (Wildman–Crippen MR) is 159 cm³/mol. The number of alkyl halides is 3.